The van der Waals surface area contributed by atoms with Crippen LogP contribution in [0.25, 0.3) is 5.82 Å². The van der Waals surface area contributed by atoms with Crippen molar-refractivity contribution in [2.45, 2.75) is 33.8 Å². The van der Waals surface area contributed by atoms with Crippen LogP contribution >= 0.6 is 15.9 Å². The lowest BCUT2D eigenvalue weighted by Crippen LogP contribution is -2.13. The summed E-state index contributed by atoms with van der Waals surface area (Å²) in [5.74, 6) is 0.903. The van der Waals surface area contributed by atoms with Gasteiger partial charge in [0, 0.05) is 0 Å². The second-order valence-corrected chi connectivity index (χ2v) is 5.27. The van der Waals surface area contributed by atoms with Gasteiger partial charge in [-0.25, -0.2) is 9.67 Å². The molecule has 2 rings (SSSR count). The van der Waals surface area contributed by atoms with Crippen molar-refractivity contribution < 1.29 is 4.74 Å². The lowest BCUT2D eigenvalue weighted by atomic mass is 10.4. The Labute approximate surface area is 120 Å². The van der Waals surface area contributed by atoms with E-state index in [1.165, 1.54) is 6.33 Å². The van der Waals surface area contributed by atoms with Gasteiger partial charge in [0.2, 0.25) is 5.88 Å². The van der Waals surface area contributed by atoms with Crippen molar-refractivity contribution in [2.24, 2.45) is 0 Å². The number of hydrogen-bond acceptors (Lipinski definition) is 5. The van der Waals surface area contributed by atoms with Gasteiger partial charge in [-0.15, -0.1) is 0 Å². The van der Waals surface area contributed by atoms with Gasteiger partial charge >= 0.3 is 0 Å². The van der Waals surface area contributed by atoms with Crippen molar-refractivity contribution in [3.05, 3.63) is 22.2 Å². The van der Waals surface area contributed by atoms with Gasteiger partial charge in [-0.3, -0.25) is 0 Å². The average Bonchev–Trinajstić information content (AvgIpc) is 2.59. The molecule has 2 N–H and O–H groups in total. The maximum Gasteiger partial charge on any atom is 0.242 e. The van der Waals surface area contributed by atoms with E-state index in [0.29, 0.717) is 17.4 Å². The van der Waals surface area contributed by atoms with Gasteiger partial charge in [0.15, 0.2) is 5.82 Å². The number of rotatable bonds is 3. The van der Waals surface area contributed by atoms with Gasteiger partial charge < -0.3 is 10.5 Å². The average molecular weight is 326 g/mol. The Morgan fingerprint density at radius 3 is 2.53 bits per heavy atom. The van der Waals surface area contributed by atoms with E-state index in [1.807, 2.05) is 27.7 Å². The first kappa shape index (κ1) is 13.8. The van der Waals surface area contributed by atoms with Gasteiger partial charge in [-0.05, 0) is 43.6 Å². The summed E-state index contributed by atoms with van der Waals surface area (Å²) >= 11 is 3.48. The molecule has 0 aliphatic heterocycles. The molecular formula is C12H16BrN5O. The standard InChI is InChI=1S/C12H16BrN5O/c1-6(2)19-12-10(14)11(15-5-16-12)18-8(4)9(13)7(3)17-18/h5-6H,14H2,1-4H3. The predicted molar refractivity (Wildman–Crippen MR) is 76.5 cm³/mol. The number of nitrogens with two attached hydrogens (primary N) is 1. The zero-order valence-corrected chi connectivity index (χ0v) is 12.9. The van der Waals surface area contributed by atoms with Gasteiger partial charge in [-0.1, -0.05) is 0 Å². The molecule has 0 saturated carbocycles. The Kier molecular flexibility index (Phi) is 3.75. The molecule has 0 saturated heterocycles. The van der Waals surface area contributed by atoms with Crippen molar-refractivity contribution in [1.82, 2.24) is 19.7 Å². The summed E-state index contributed by atoms with van der Waals surface area (Å²) in [5, 5.41) is 4.41. The third-order valence-electron chi connectivity index (χ3n) is 2.58. The van der Waals surface area contributed by atoms with Crippen molar-refractivity contribution in [1.29, 1.82) is 0 Å². The molecule has 0 bridgehead atoms. The summed E-state index contributed by atoms with van der Waals surface area (Å²) in [7, 11) is 0. The van der Waals surface area contributed by atoms with Crippen LogP contribution < -0.4 is 10.5 Å². The number of anilines is 1. The van der Waals surface area contributed by atoms with Gasteiger partial charge in [0.05, 0.1) is 22.0 Å². The zero-order valence-electron chi connectivity index (χ0n) is 11.3. The minimum Gasteiger partial charge on any atom is -0.473 e. The molecule has 0 radical (unpaired) electrons. The van der Waals surface area contributed by atoms with Gasteiger partial charge in [-0.2, -0.15) is 10.1 Å². The Balaban J connectivity index is 2.53. The topological polar surface area (TPSA) is 78.8 Å². The van der Waals surface area contributed by atoms with Crippen LogP contribution in [0.1, 0.15) is 25.2 Å². The Morgan fingerprint density at radius 1 is 1.32 bits per heavy atom. The number of nitrogen functional groups attached to an aromatic ring is 1. The summed E-state index contributed by atoms with van der Waals surface area (Å²) in [6.07, 6.45) is 1.42. The fraction of sp³-hybridized carbons (Fsp3) is 0.417. The zero-order chi connectivity index (χ0) is 14.2. The number of ether oxygens (including phenoxy) is 1. The molecule has 0 spiro atoms. The first-order valence-electron chi connectivity index (χ1n) is 5.91. The molecule has 6 nitrogen and oxygen atoms in total. The fourth-order valence-corrected chi connectivity index (χ4v) is 1.93. The third kappa shape index (κ3) is 2.56. The highest BCUT2D eigenvalue weighted by molar-refractivity contribution is 9.10. The SMILES string of the molecule is Cc1nn(-c2ncnc(OC(C)C)c2N)c(C)c1Br. The Bertz CT molecular complexity index is 608. The lowest BCUT2D eigenvalue weighted by Gasteiger charge is -2.13. The van der Waals surface area contributed by atoms with Crippen LogP contribution in [0.2, 0.25) is 0 Å². The van der Waals surface area contributed by atoms with Crippen LogP contribution in [0.4, 0.5) is 5.69 Å². The van der Waals surface area contributed by atoms with Crippen molar-refractivity contribution in [3.8, 4) is 11.7 Å². The second-order valence-electron chi connectivity index (χ2n) is 4.48. The fourth-order valence-electron chi connectivity index (χ4n) is 1.69. The van der Waals surface area contributed by atoms with Gasteiger partial charge in [0.1, 0.15) is 12.0 Å². The minimum absolute atomic E-state index is 0.00256. The van der Waals surface area contributed by atoms with E-state index in [2.05, 4.69) is 31.0 Å². The molecule has 0 aromatic carbocycles. The summed E-state index contributed by atoms with van der Waals surface area (Å²) in [4.78, 5) is 8.25. The minimum atomic E-state index is -0.00256. The predicted octanol–water partition coefficient (Wildman–Crippen LogP) is 2.41. The molecule has 0 aliphatic carbocycles. The van der Waals surface area contributed by atoms with E-state index in [1.54, 1.807) is 4.68 Å². The molecule has 19 heavy (non-hydrogen) atoms. The van der Waals surface area contributed by atoms with E-state index in [4.69, 9.17) is 10.5 Å². The van der Waals surface area contributed by atoms with Crippen LogP contribution in [-0.2, 0) is 0 Å². The quantitative estimate of drug-likeness (QED) is 0.937. The normalized spacial score (nSPS) is 11.1. The summed E-state index contributed by atoms with van der Waals surface area (Å²) < 4.78 is 8.18. The molecular weight excluding hydrogens is 310 g/mol. The molecule has 2 aromatic rings. The smallest absolute Gasteiger partial charge is 0.242 e. The molecule has 0 amide bonds. The monoisotopic (exact) mass is 325 g/mol. The van der Waals surface area contributed by atoms with Crippen LogP contribution in [0.15, 0.2) is 10.8 Å². The second kappa shape index (κ2) is 5.16. The van der Waals surface area contributed by atoms with Crippen molar-refractivity contribution >= 4 is 21.6 Å². The molecule has 0 unspecified atom stereocenters. The number of nitrogens with zero attached hydrogens (tertiary/aromatic N) is 4. The highest BCUT2D eigenvalue weighted by Gasteiger charge is 2.17. The summed E-state index contributed by atoms with van der Waals surface area (Å²) in [6.45, 7) is 7.69. The number of hydrogen-bond donors (Lipinski definition) is 1. The number of aryl methyl sites for hydroxylation is 1. The first-order chi connectivity index (χ1) is 8.91. The maximum absolute atomic E-state index is 6.07. The van der Waals surface area contributed by atoms with Gasteiger partial charge in [0.25, 0.3) is 0 Å². The Morgan fingerprint density at radius 2 is 2.00 bits per heavy atom. The summed E-state index contributed by atoms with van der Waals surface area (Å²) in [5.41, 5.74) is 8.26. The van der Waals surface area contributed by atoms with Crippen LogP contribution in [0, 0.1) is 13.8 Å². The van der Waals surface area contributed by atoms with E-state index in [0.717, 1.165) is 15.9 Å². The van der Waals surface area contributed by atoms with Crippen LogP contribution in [-0.4, -0.2) is 25.9 Å². The molecule has 2 heterocycles. The van der Waals surface area contributed by atoms with E-state index in [-0.39, 0.29) is 6.10 Å². The first-order valence-corrected chi connectivity index (χ1v) is 6.70. The largest absolute Gasteiger partial charge is 0.473 e. The van der Waals surface area contributed by atoms with E-state index >= 15 is 0 Å². The van der Waals surface area contributed by atoms with Crippen LogP contribution in [0.5, 0.6) is 5.88 Å². The van der Waals surface area contributed by atoms with Crippen molar-refractivity contribution in [3.63, 3.8) is 0 Å². The maximum atomic E-state index is 6.07. The van der Waals surface area contributed by atoms with E-state index in [9.17, 15) is 0 Å². The molecule has 7 heteroatoms. The number of aromatic nitrogens is 4. The molecule has 0 fully saturated rings. The molecule has 102 valence electrons. The Hall–Kier alpha value is -1.63. The molecule has 0 aliphatic rings. The van der Waals surface area contributed by atoms with E-state index < -0.39 is 0 Å². The molecule has 0 atom stereocenters. The highest BCUT2D eigenvalue weighted by Crippen LogP contribution is 2.28. The summed E-state index contributed by atoms with van der Waals surface area (Å²) in [6, 6.07) is 0. The lowest BCUT2D eigenvalue weighted by molar-refractivity contribution is 0.233. The molecule has 2 aromatic heterocycles. The number of halogens is 1. The van der Waals surface area contributed by atoms with Crippen LogP contribution in [0.3, 0.4) is 0 Å². The highest BCUT2D eigenvalue weighted by atomic mass is 79.9. The van der Waals surface area contributed by atoms with Crippen molar-refractivity contribution in [2.75, 3.05) is 5.73 Å². The third-order valence-corrected chi connectivity index (χ3v) is 3.72.